The Morgan fingerprint density at radius 1 is 0.458 bits per heavy atom. The van der Waals surface area contributed by atoms with Crippen molar-refractivity contribution >= 4 is 0 Å². The van der Waals surface area contributed by atoms with Gasteiger partial charge in [-0.25, -0.2) is 0 Å². The Hall–Kier alpha value is -0.780. The first-order valence-electron chi connectivity index (χ1n) is 10.9. The highest BCUT2D eigenvalue weighted by Gasteiger charge is 2.02. The van der Waals surface area contributed by atoms with Crippen LogP contribution < -0.4 is 0 Å². The van der Waals surface area contributed by atoms with Gasteiger partial charge in [-0.05, 0) is 48.8 Å². The van der Waals surface area contributed by atoms with E-state index in [-0.39, 0.29) is 0 Å². The molecule has 0 saturated carbocycles. The molecule has 0 heterocycles. The van der Waals surface area contributed by atoms with Crippen LogP contribution in [-0.4, -0.2) is 0 Å². The standard InChI is InChI=1S/C24H42/c1-4-7-9-11-13-15-17-23-19-22(6-3)20-24(21-23)18-16-14-12-10-8-5-2/h19-21H,4-18H2,1-3H3. The van der Waals surface area contributed by atoms with E-state index in [1.54, 1.807) is 16.7 Å². The molecule has 0 unspecified atom stereocenters. The molecule has 1 rings (SSSR count). The van der Waals surface area contributed by atoms with Crippen molar-refractivity contribution < 1.29 is 0 Å². The second-order valence-corrected chi connectivity index (χ2v) is 7.55. The van der Waals surface area contributed by atoms with Crippen LogP contribution in [0.2, 0.25) is 0 Å². The maximum Gasteiger partial charge on any atom is -0.0279 e. The Labute approximate surface area is 152 Å². The molecule has 0 amide bonds. The average Bonchev–Trinajstić information content (AvgIpc) is 2.61. The molecule has 24 heavy (non-hydrogen) atoms. The molecule has 0 fully saturated rings. The van der Waals surface area contributed by atoms with Crippen molar-refractivity contribution in [3.8, 4) is 0 Å². The SMILES string of the molecule is CCCCCCCCc1cc(CC)cc(CCCCCCCC)c1. The number of unbranched alkanes of at least 4 members (excludes halogenated alkanes) is 10. The van der Waals surface area contributed by atoms with Gasteiger partial charge >= 0.3 is 0 Å². The van der Waals surface area contributed by atoms with Crippen molar-refractivity contribution in [2.75, 3.05) is 0 Å². The Morgan fingerprint density at radius 2 is 0.833 bits per heavy atom. The van der Waals surface area contributed by atoms with Gasteiger partial charge in [-0.2, -0.15) is 0 Å². The van der Waals surface area contributed by atoms with E-state index in [4.69, 9.17) is 0 Å². The van der Waals surface area contributed by atoms with Crippen molar-refractivity contribution in [3.63, 3.8) is 0 Å². The lowest BCUT2D eigenvalue weighted by atomic mass is 9.96. The normalized spacial score (nSPS) is 11.1. The van der Waals surface area contributed by atoms with Gasteiger partial charge in [0.25, 0.3) is 0 Å². The summed E-state index contributed by atoms with van der Waals surface area (Å²) < 4.78 is 0. The zero-order chi connectivity index (χ0) is 17.5. The van der Waals surface area contributed by atoms with E-state index in [0.717, 1.165) is 0 Å². The third-order valence-corrected chi connectivity index (χ3v) is 5.16. The van der Waals surface area contributed by atoms with Gasteiger partial charge in [-0.1, -0.05) is 103 Å². The minimum atomic E-state index is 1.17. The molecule has 0 atom stereocenters. The maximum atomic E-state index is 2.50. The molecule has 0 spiro atoms. The molecule has 0 aliphatic rings. The van der Waals surface area contributed by atoms with E-state index >= 15 is 0 Å². The fourth-order valence-corrected chi connectivity index (χ4v) is 3.55. The molecule has 0 heteroatoms. The highest BCUT2D eigenvalue weighted by Crippen LogP contribution is 2.17. The van der Waals surface area contributed by atoms with Crippen molar-refractivity contribution in [1.29, 1.82) is 0 Å². The Bertz CT molecular complexity index is 370. The molecular weight excluding hydrogens is 288 g/mol. The molecule has 0 N–H and O–H groups in total. The van der Waals surface area contributed by atoms with E-state index < -0.39 is 0 Å². The summed E-state index contributed by atoms with van der Waals surface area (Å²) >= 11 is 0. The Kier molecular flexibility index (Phi) is 12.9. The van der Waals surface area contributed by atoms with E-state index in [1.165, 1.54) is 96.3 Å². The summed E-state index contributed by atoms with van der Waals surface area (Å²) in [5.74, 6) is 0. The van der Waals surface area contributed by atoms with E-state index in [9.17, 15) is 0 Å². The third-order valence-electron chi connectivity index (χ3n) is 5.16. The minimum Gasteiger partial charge on any atom is -0.0654 e. The Balaban J connectivity index is 2.34. The summed E-state index contributed by atoms with van der Waals surface area (Å²) in [7, 11) is 0. The quantitative estimate of drug-likeness (QED) is 0.285. The van der Waals surface area contributed by atoms with Gasteiger partial charge in [0.15, 0.2) is 0 Å². The van der Waals surface area contributed by atoms with Crippen LogP contribution in [0.15, 0.2) is 18.2 Å². The monoisotopic (exact) mass is 330 g/mol. The van der Waals surface area contributed by atoms with Crippen molar-refractivity contribution in [2.24, 2.45) is 0 Å². The molecule has 0 aliphatic heterocycles. The van der Waals surface area contributed by atoms with Crippen LogP contribution >= 0.6 is 0 Å². The Morgan fingerprint density at radius 3 is 1.25 bits per heavy atom. The summed E-state index contributed by atoms with van der Waals surface area (Å²) in [5.41, 5.74) is 4.72. The van der Waals surface area contributed by atoms with Gasteiger partial charge in [0.1, 0.15) is 0 Å². The third kappa shape index (κ3) is 10.2. The second kappa shape index (κ2) is 14.6. The molecule has 0 nitrogen and oxygen atoms in total. The van der Waals surface area contributed by atoms with Crippen molar-refractivity contribution in [2.45, 2.75) is 117 Å². The zero-order valence-corrected chi connectivity index (χ0v) is 16.8. The summed E-state index contributed by atoms with van der Waals surface area (Å²) in [6.07, 6.45) is 20.5. The topological polar surface area (TPSA) is 0 Å². The van der Waals surface area contributed by atoms with Gasteiger partial charge in [-0.15, -0.1) is 0 Å². The van der Waals surface area contributed by atoms with Gasteiger partial charge in [0.05, 0.1) is 0 Å². The lowest BCUT2D eigenvalue weighted by molar-refractivity contribution is 0.604. The fourth-order valence-electron chi connectivity index (χ4n) is 3.55. The summed E-state index contributed by atoms with van der Waals surface area (Å²) in [6.45, 7) is 6.88. The predicted molar refractivity (Wildman–Crippen MR) is 110 cm³/mol. The lowest BCUT2D eigenvalue weighted by Gasteiger charge is -2.09. The van der Waals surface area contributed by atoms with Gasteiger partial charge in [-0.3, -0.25) is 0 Å². The van der Waals surface area contributed by atoms with Gasteiger partial charge in [0.2, 0.25) is 0 Å². The highest BCUT2D eigenvalue weighted by atomic mass is 14.1. The lowest BCUT2D eigenvalue weighted by Crippen LogP contribution is -1.95. The first-order valence-corrected chi connectivity index (χ1v) is 10.9. The van der Waals surface area contributed by atoms with E-state index in [2.05, 4.69) is 39.0 Å². The smallest absolute Gasteiger partial charge is 0.0279 e. The van der Waals surface area contributed by atoms with Crippen molar-refractivity contribution in [1.82, 2.24) is 0 Å². The van der Waals surface area contributed by atoms with Crippen LogP contribution in [0.3, 0.4) is 0 Å². The summed E-state index contributed by atoms with van der Waals surface area (Å²) in [4.78, 5) is 0. The second-order valence-electron chi connectivity index (χ2n) is 7.55. The molecular formula is C24H42. The van der Waals surface area contributed by atoms with Crippen LogP contribution in [0.4, 0.5) is 0 Å². The maximum absolute atomic E-state index is 2.50. The number of benzene rings is 1. The first-order chi connectivity index (χ1) is 11.8. The molecule has 1 aromatic rings. The summed E-state index contributed by atoms with van der Waals surface area (Å²) in [5, 5.41) is 0. The molecule has 1 aromatic carbocycles. The summed E-state index contributed by atoms with van der Waals surface area (Å²) in [6, 6.07) is 7.41. The van der Waals surface area contributed by atoms with Crippen LogP contribution in [0, 0.1) is 0 Å². The average molecular weight is 331 g/mol. The minimum absolute atomic E-state index is 1.17. The fraction of sp³-hybridized carbons (Fsp3) is 0.750. The zero-order valence-electron chi connectivity index (χ0n) is 16.8. The highest BCUT2D eigenvalue weighted by molar-refractivity contribution is 5.30. The molecule has 138 valence electrons. The number of hydrogen-bond acceptors (Lipinski definition) is 0. The van der Waals surface area contributed by atoms with Crippen LogP contribution in [0.25, 0.3) is 0 Å². The van der Waals surface area contributed by atoms with Gasteiger partial charge in [0, 0.05) is 0 Å². The van der Waals surface area contributed by atoms with E-state index in [0.29, 0.717) is 0 Å². The predicted octanol–water partition coefficient (Wildman–Crippen LogP) is 8.06. The molecule has 0 saturated heterocycles. The number of aryl methyl sites for hydroxylation is 3. The van der Waals surface area contributed by atoms with Crippen LogP contribution in [0.5, 0.6) is 0 Å². The largest absolute Gasteiger partial charge is 0.0654 e. The number of rotatable bonds is 15. The van der Waals surface area contributed by atoms with E-state index in [1.807, 2.05) is 0 Å². The molecule has 0 aromatic heterocycles. The first kappa shape index (κ1) is 21.3. The van der Waals surface area contributed by atoms with Crippen LogP contribution in [-0.2, 0) is 19.3 Å². The molecule has 0 bridgehead atoms. The van der Waals surface area contributed by atoms with Crippen molar-refractivity contribution in [3.05, 3.63) is 34.9 Å². The van der Waals surface area contributed by atoms with Gasteiger partial charge < -0.3 is 0 Å². The molecule has 0 aliphatic carbocycles. The molecule has 0 radical (unpaired) electrons. The number of hydrogen-bond donors (Lipinski definition) is 0. The van der Waals surface area contributed by atoms with Crippen LogP contribution in [0.1, 0.15) is 115 Å².